The van der Waals surface area contributed by atoms with E-state index in [1.54, 1.807) is 18.2 Å². The summed E-state index contributed by atoms with van der Waals surface area (Å²) in [7, 11) is -0.764. The van der Waals surface area contributed by atoms with Gasteiger partial charge in [-0.05, 0) is 18.2 Å². The fraction of sp³-hybridized carbons (Fsp3) is 0.385. The molecule has 0 fully saturated rings. The van der Waals surface area contributed by atoms with Gasteiger partial charge in [0.15, 0.2) is 0 Å². The van der Waals surface area contributed by atoms with Crippen molar-refractivity contribution in [3.63, 3.8) is 0 Å². The summed E-state index contributed by atoms with van der Waals surface area (Å²) in [6.45, 7) is 0.673. The molecule has 7 nitrogen and oxygen atoms in total. The Bertz CT molecular complexity index is 620. The molecule has 1 rings (SSSR count). The molecule has 4 N–H and O–H groups in total. The van der Waals surface area contributed by atoms with E-state index in [9.17, 15) is 8.42 Å². The first-order valence-corrected chi connectivity index (χ1v) is 7.64. The molecule has 0 radical (unpaired) electrons. The third kappa shape index (κ3) is 6.01. The highest BCUT2D eigenvalue weighted by atomic mass is 32.2. The first-order valence-electron chi connectivity index (χ1n) is 6.15. The second kappa shape index (κ2) is 8.49. The Balaban J connectivity index is 2.94. The number of anilines is 1. The van der Waals surface area contributed by atoms with E-state index in [1.165, 1.54) is 14.2 Å². The minimum Gasteiger partial charge on any atom is -0.495 e. The predicted octanol–water partition coefficient (Wildman–Crippen LogP) is -0.102. The van der Waals surface area contributed by atoms with Crippen molar-refractivity contribution in [2.75, 3.05) is 38.6 Å². The Morgan fingerprint density at radius 1 is 1.33 bits per heavy atom. The van der Waals surface area contributed by atoms with Crippen molar-refractivity contribution in [1.82, 2.24) is 4.72 Å². The third-order valence-corrected chi connectivity index (χ3v) is 3.45. The van der Waals surface area contributed by atoms with Gasteiger partial charge < -0.3 is 15.2 Å². The Kier molecular flexibility index (Phi) is 6.98. The molecule has 116 valence electrons. The van der Waals surface area contributed by atoms with Gasteiger partial charge in [-0.1, -0.05) is 11.8 Å². The molecule has 0 bridgehead atoms. The van der Waals surface area contributed by atoms with E-state index >= 15 is 0 Å². The van der Waals surface area contributed by atoms with Gasteiger partial charge in [-0.2, -0.15) is 13.1 Å². The van der Waals surface area contributed by atoms with E-state index in [0.29, 0.717) is 17.0 Å². The smallest absolute Gasteiger partial charge is 0.299 e. The summed E-state index contributed by atoms with van der Waals surface area (Å²) >= 11 is 0. The van der Waals surface area contributed by atoms with Crippen LogP contribution in [0, 0.1) is 11.8 Å². The van der Waals surface area contributed by atoms with Crippen LogP contribution in [-0.4, -0.2) is 42.3 Å². The zero-order chi connectivity index (χ0) is 15.7. The van der Waals surface area contributed by atoms with Gasteiger partial charge in [0, 0.05) is 19.2 Å². The van der Waals surface area contributed by atoms with Crippen molar-refractivity contribution in [2.24, 2.45) is 5.73 Å². The van der Waals surface area contributed by atoms with Crippen LogP contribution in [0.1, 0.15) is 5.56 Å². The molecule has 0 aliphatic rings. The number of benzene rings is 1. The van der Waals surface area contributed by atoms with Crippen LogP contribution >= 0.6 is 0 Å². The van der Waals surface area contributed by atoms with Gasteiger partial charge in [0.1, 0.15) is 5.75 Å². The Hall–Kier alpha value is -1.79. The van der Waals surface area contributed by atoms with Crippen LogP contribution in [0.2, 0.25) is 0 Å². The Morgan fingerprint density at radius 2 is 2.10 bits per heavy atom. The van der Waals surface area contributed by atoms with Crippen molar-refractivity contribution in [3.05, 3.63) is 23.8 Å². The maximum atomic E-state index is 11.9. The number of nitrogens with one attached hydrogen (secondary N) is 2. The third-order valence-electron chi connectivity index (χ3n) is 2.38. The zero-order valence-corrected chi connectivity index (χ0v) is 12.8. The van der Waals surface area contributed by atoms with E-state index in [1.807, 2.05) is 0 Å². The molecule has 0 saturated carbocycles. The lowest BCUT2D eigenvalue weighted by Gasteiger charge is -2.12. The summed E-state index contributed by atoms with van der Waals surface area (Å²) in [4.78, 5) is 0. The van der Waals surface area contributed by atoms with Crippen LogP contribution < -0.4 is 19.9 Å². The summed E-state index contributed by atoms with van der Waals surface area (Å²) in [6, 6.07) is 4.93. The first kappa shape index (κ1) is 17.3. The molecule has 0 aliphatic carbocycles. The Morgan fingerprint density at radius 3 is 2.71 bits per heavy atom. The van der Waals surface area contributed by atoms with Crippen LogP contribution in [0.3, 0.4) is 0 Å². The second-order valence-corrected chi connectivity index (χ2v) is 5.41. The normalized spacial score (nSPS) is 10.6. The van der Waals surface area contributed by atoms with Gasteiger partial charge in [0.25, 0.3) is 10.2 Å². The van der Waals surface area contributed by atoms with E-state index in [-0.39, 0.29) is 19.7 Å². The molecule has 0 saturated heterocycles. The van der Waals surface area contributed by atoms with Crippen LogP contribution in [0.5, 0.6) is 5.75 Å². The maximum absolute atomic E-state index is 11.9. The molecule has 1 aromatic rings. The molecular formula is C13H19N3O4S. The van der Waals surface area contributed by atoms with Crippen LogP contribution in [0.4, 0.5) is 5.69 Å². The molecule has 8 heteroatoms. The average Bonchev–Trinajstić information content (AvgIpc) is 2.45. The van der Waals surface area contributed by atoms with Gasteiger partial charge in [-0.15, -0.1) is 0 Å². The molecule has 21 heavy (non-hydrogen) atoms. The van der Waals surface area contributed by atoms with Gasteiger partial charge >= 0.3 is 0 Å². The molecule has 0 unspecified atom stereocenters. The lowest BCUT2D eigenvalue weighted by atomic mass is 10.2. The summed E-state index contributed by atoms with van der Waals surface area (Å²) in [6.07, 6.45) is 0. The lowest BCUT2D eigenvalue weighted by Crippen LogP contribution is -2.32. The van der Waals surface area contributed by atoms with Crippen molar-refractivity contribution >= 4 is 15.9 Å². The SMILES string of the molecule is COCCNS(=O)(=O)Nc1cc(C#CCN)ccc1OC. The summed E-state index contributed by atoms with van der Waals surface area (Å²) < 4.78 is 38.4. The summed E-state index contributed by atoms with van der Waals surface area (Å²) in [5, 5.41) is 0. The highest BCUT2D eigenvalue weighted by Gasteiger charge is 2.13. The average molecular weight is 313 g/mol. The number of methoxy groups -OCH3 is 2. The number of ether oxygens (including phenoxy) is 2. The van der Waals surface area contributed by atoms with Gasteiger partial charge in [-0.3, -0.25) is 4.72 Å². The minimum atomic E-state index is -3.71. The zero-order valence-electron chi connectivity index (χ0n) is 12.0. The number of nitrogens with two attached hydrogens (primary N) is 1. The van der Waals surface area contributed by atoms with Crippen LogP contribution in [0.15, 0.2) is 18.2 Å². The van der Waals surface area contributed by atoms with Crippen molar-refractivity contribution < 1.29 is 17.9 Å². The second-order valence-electron chi connectivity index (χ2n) is 3.91. The minimum absolute atomic E-state index is 0.167. The van der Waals surface area contributed by atoms with E-state index in [4.69, 9.17) is 15.2 Å². The molecule has 0 spiro atoms. The van der Waals surface area contributed by atoms with E-state index < -0.39 is 10.2 Å². The van der Waals surface area contributed by atoms with E-state index in [2.05, 4.69) is 21.3 Å². The molecular weight excluding hydrogens is 294 g/mol. The predicted molar refractivity (Wildman–Crippen MR) is 81.3 cm³/mol. The van der Waals surface area contributed by atoms with Crippen molar-refractivity contribution in [2.45, 2.75) is 0 Å². The fourth-order valence-corrected chi connectivity index (χ4v) is 2.35. The highest BCUT2D eigenvalue weighted by Crippen LogP contribution is 2.25. The number of rotatable bonds is 7. The molecule has 0 aromatic heterocycles. The van der Waals surface area contributed by atoms with Crippen LogP contribution in [-0.2, 0) is 14.9 Å². The van der Waals surface area contributed by atoms with Gasteiger partial charge in [-0.25, -0.2) is 0 Å². The summed E-state index contributed by atoms with van der Waals surface area (Å²) in [5.41, 5.74) is 6.24. The first-order chi connectivity index (χ1) is 10.0. The monoisotopic (exact) mass is 313 g/mol. The van der Waals surface area contributed by atoms with Crippen LogP contribution in [0.25, 0.3) is 0 Å². The van der Waals surface area contributed by atoms with Crippen molar-refractivity contribution in [1.29, 1.82) is 0 Å². The molecule has 1 aromatic carbocycles. The summed E-state index contributed by atoms with van der Waals surface area (Å²) in [5.74, 6) is 5.92. The fourth-order valence-electron chi connectivity index (χ4n) is 1.48. The highest BCUT2D eigenvalue weighted by molar-refractivity contribution is 7.90. The topological polar surface area (TPSA) is 103 Å². The number of hydrogen-bond acceptors (Lipinski definition) is 5. The maximum Gasteiger partial charge on any atom is 0.299 e. The van der Waals surface area contributed by atoms with E-state index in [0.717, 1.165) is 0 Å². The van der Waals surface area contributed by atoms with Gasteiger partial charge in [0.2, 0.25) is 0 Å². The largest absolute Gasteiger partial charge is 0.495 e. The lowest BCUT2D eigenvalue weighted by molar-refractivity contribution is 0.204. The molecule has 0 atom stereocenters. The quantitative estimate of drug-likeness (QED) is 0.482. The standard InChI is InChI=1S/C13H19N3O4S/c1-19-9-8-15-21(17,18)16-12-10-11(4-3-7-14)5-6-13(12)20-2/h5-6,10,15-16H,7-9,14H2,1-2H3. The van der Waals surface area contributed by atoms with Gasteiger partial charge in [0.05, 0.1) is 25.9 Å². The van der Waals surface area contributed by atoms with Crippen molar-refractivity contribution in [3.8, 4) is 17.6 Å². The Labute approximate surface area is 125 Å². The molecule has 0 amide bonds. The molecule has 0 heterocycles. The number of hydrogen-bond donors (Lipinski definition) is 3. The molecule has 0 aliphatic heterocycles.